The molecule has 262 valence electrons. The van der Waals surface area contributed by atoms with Gasteiger partial charge in [0.2, 0.25) is 0 Å². The van der Waals surface area contributed by atoms with Crippen molar-refractivity contribution in [2.75, 3.05) is 4.90 Å². The van der Waals surface area contributed by atoms with Gasteiger partial charge in [-0.2, -0.15) is 0 Å². The van der Waals surface area contributed by atoms with Crippen LogP contribution in [0.5, 0.6) is 0 Å². The van der Waals surface area contributed by atoms with Gasteiger partial charge in [-0.1, -0.05) is 109 Å². The van der Waals surface area contributed by atoms with Gasteiger partial charge in [-0.3, -0.25) is 0 Å². The smallest absolute Gasteiger partial charge is 0.0554 e. The molecule has 3 nitrogen and oxygen atoms in total. The highest BCUT2D eigenvalue weighted by atomic mass is 32.1. The minimum Gasteiger partial charge on any atom is -0.310 e. The van der Waals surface area contributed by atoms with Crippen molar-refractivity contribution in [2.24, 2.45) is 0 Å². The number of benzene rings is 9. The lowest BCUT2D eigenvalue weighted by Gasteiger charge is -2.27. The molecule has 0 aliphatic heterocycles. The number of rotatable bonds is 5. The number of hydrogen-bond donors (Lipinski definition) is 0. The number of hydrogen-bond acceptors (Lipinski definition) is 2. The van der Waals surface area contributed by atoms with E-state index < -0.39 is 0 Å². The molecule has 0 aliphatic rings. The maximum absolute atomic E-state index is 2.46. The summed E-state index contributed by atoms with van der Waals surface area (Å²) < 4.78 is 7.38. The molecule has 0 unspecified atom stereocenters. The Morgan fingerprint density at radius 2 is 0.929 bits per heavy atom. The van der Waals surface area contributed by atoms with Gasteiger partial charge in [-0.05, 0) is 102 Å². The van der Waals surface area contributed by atoms with Crippen molar-refractivity contribution in [1.82, 2.24) is 9.13 Å². The van der Waals surface area contributed by atoms with Crippen molar-refractivity contribution in [3.63, 3.8) is 0 Å². The summed E-state index contributed by atoms with van der Waals surface area (Å²) in [5.74, 6) is 0. The Bertz CT molecular complexity index is 3480. The van der Waals surface area contributed by atoms with Crippen LogP contribution in [0.15, 0.2) is 200 Å². The lowest BCUT2D eigenvalue weighted by atomic mass is 10.0. The molecule has 0 bridgehead atoms. The van der Waals surface area contributed by atoms with E-state index in [-0.39, 0.29) is 0 Å². The summed E-state index contributed by atoms with van der Waals surface area (Å²) in [6.07, 6.45) is 0. The SMILES string of the molecule is c1ccc(-n2c3ccccc3c3cc(N(c4ccc(-n5c6ccccc6c6c7ccccc7ccc65)cc4)c4cccc5sc6ccccc6c45)ccc32)cc1. The van der Waals surface area contributed by atoms with E-state index in [1.54, 1.807) is 0 Å². The monoisotopic (exact) mass is 731 g/mol. The van der Waals surface area contributed by atoms with E-state index in [1.165, 1.54) is 80.2 Å². The van der Waals surface area contributed by atoms with Crippen LogP contribution in [-0.4, -0.2) is 9.13 Å². The van der Waals surface area contributed by atoms with E-state index in [9.17, 15) is 0 Å². The Kier molecular flexibility index (Phi) is 6.80. The van der Waals surface area contributed by atoms with Crippen LogP contribution < -0.4 is 4.90 Å². The average molecular weight is 732 g/mol. The zero-order valence-electron chi connectivity index (χ0n) is 30.3. The molecule has 3 aromatic heterocycles. The van der Waals surface area contributed by atoms with Crippen LogP contribution >= 0.6 is 11.3 Å². The van der Waals surface area contributed by atoms with E-state index in [2.05, 4.69) is 214 Å². The lowest BCUT2D eigenvalue weighted by Crippen LogP contribution is -2.10. The molecule has 0 spiro atoms. The first-order chi connectivity index (χ1) is 27.8. The van der Waals surface area contributed by atoms with Crippen LogP contribution in [0.1, 0.15) is 0 Å². The number of para-hydroxylation sites is 3. The summed E-state index contributed by atoms with van der Waals surface area (Å²) in [5, 5.41) is 10.1. The van der Waals surface area contributed by atoms with Gasteiger partial charge in [0.05, 0.1) is 27.8 Å². The molecule has 0 atom stereocenters. The molecule has 9 aromatic carbocycles. The van der Waals surface area contributed by atoms with Crippen molar-refractivity contribution >= 4 is 103 Å². The second kappa shape index (κ2) is 12.2. The molecule has 4 heteroatoms. The number of nitrogens with zero attached hydrogens (tertiary/aromatic N) is 3. The summed E-state index contributed by atoms with van der Waals surface area (Å²) in [7, 11) is 0. The van der Waals surface area contributed by atoms with Crippen LogP contribution in [0.3, 0.4) is 0 Å². The zero-order valence-corrected chi connectivity index (χ0v) is 31.1. The summed E-state index contributed by atoms with van der Waals surface area (Å²) in [5.41, 5.74) is 10.5. The molecule has 3 heterocycles. The van der Waals surface area contributed by atoms with E-state index in [4.69, 9.17) is 0 Å². The fraction of sp³-hybridized carbons (Fsp3) is 0. The van der Waals surface area contributed by atoms with Crippen LogP contribution in [-0.2, 0) is 0 Å². The fourth-order valence-electron chi connectivity index (χ4n) is 9.09. The molecular formula is C52H33N3S. The predicted octanol–water partition coefficient (Wildman–Crippen LogP) is 14.9. The summed E-state index contributed by atoms with van der Waals surface area (Å²) >= 11 is 1.86. The Balaban J connectivity index is 1.09. The number of aromatic nitrogens is 2. The van der Waals surface area contributed by atoms with Gasteiger partial charge < -0.3 is 14.0 Å². The van der Waals surface area contributed by atoms with E-state index in [0.29, 0.717) is 0 Å². The minimum absolute atomic E-state index is 1.11. The third kappa shape index (κ3) is 4.57. The maximum Gasteiger partial charge on any atom is 0.0554 e. The van der Waals surface area contributed by atoms with Crippen LogP contribution in [0, 0.1) is 0 Å². The lowest BCUT2D eigenvalue weighted by molar-refractivity contribution is 1.17. The largest absolute Gasteiger partial charge is 0.310 e. The van der Waals surface area contributed by atoms with Gasteiger partial charge in [0, 0.05) is 64.5 Å². The molecule has 0 aliphatic carbocycles. The van der Waals surface area contributed by atoms with Crippen molar-refractivity contribution in [2.45, 2.75) is 0 Å². The van der Waals surface area contributed by atoms with Crippen LogP contribution in [0.2, 0.25) is 0 Å². The Hall–Kier alpha value is -7.14. The number of fused-ring (bicyclic) bond motifs is 11. The molecule has 0 fully saturated rings. The van der Waals surface area contributed by atoms with Crippen molar-refractivity contribution in [3.05, 3.63) is 200 Å². The van der Waals surface area contributed by atoms with Crippen molar-refractivity contribution < 1.29 is 0 Å². The fourth-order valence-corrected chi connectivity index (χ4v) is 10.2. The summed E-state index contributed by atoms with van der Waals surface area (Å²) in [6, 6.07) is 73.2. The zero-order chi connectivity index (χ0) is 36.7. The van der Waals surface area contributed by atoms with Crippen LogP contribution in [0.25, 0.3) is 85.9 Å². The molecule has 0 N–H and O–H groups in total. The molecule has 0 saturated carbocycles. The van der Waals surface area contributed by atoms with Crippen molar-refractivity contribution in [3.8, 4) is 11.4 Å². The van der Waals surface area contributed by atoms with Gasteiger partial charge in [-0.15, -0.1) is 11.3 Å². The predicted molar refractivity (Wildman–Crippen MR) is 240 cm³/mol. The molecule has 0 radical (unpaired) electrons. The van der Waals surface area contributed by atoms with Gasteiger partial charge in [0.1, 0.15) is 0 Å². The van der Waals surface area contributed by atoms with Gasteiger partial charge in [-0.25, -0.2) is 0 Å². The number of anilines is 3. The van der Waals surface area contributed by atoms with Crippen LogP contribution in [0.4, 0.5) is 17.1 Å². The molecule has 12 aromatic rings. The van der Waals surface area contributed by atoms with E-state index >= 15 is 0 Å². The second-order valence-corrected chi connectivity index (χ2v) is 15.6. The third-order valence-corrected chi connectivity index (χ3v) is 12.6. The van der Waals surface area contributed by atoms with E-state index in [0.717, 1.165) is 22.7 Å². The third-order valence-electron chi connectivity index (χ3n) is 11.5. The molecule has 12 rings (SSSR count). The topological polar surface area (TPSA) is 13.1 Å². The number of thiophene rings is 1. The maximum atomic E-state index is 2.46. The average Bonchev–Trinajstić information content (AvgIpc) is 3.92. The van der Waals surface area contributed by atoms with Gasteiger partial charge in [0.15, 0.2) is 0 Å². The molecule has 0 saturated heterocycles. The highest BCUT2D eigenvalue weighted by Crippen LogP contribution is 2.46. The first kappa shape index (κ1) is 31.2. The van der Waals surface area contributed by atoms with Crippen molar-refractivity contribution in [1.29, 1.82) is 0 Å². The molecular weight excluding hydrogens is 699 g/mol. The molecule has 0 amide bonds. The molecule has 56 heavy (non-hydrogen) atoms. The Morgan fingerprint density at radius 1 is 0.339 bits per heavy atom. The van der Waals surface area contributed by atoms with Gasteiger partial charge in [0.25, 0.3) is 0 Å². The highest BCUT2D eigenvalue weighted by molar-refractivity contribution is 7.26. The highest BCUT2D eigenvalue weighted by Gasteiger charge is 2.21. The van der Waals surface area contributed by atoms with E-state index in [1.807, 2.05) is 11.3 Å². The Morgan fingerprint density at radius 3 is 1.77 bits per heavy atom. The standard InChI is InChI=1S/C52H33N3S/c1-2-14-35(15-3-1)54-44-20-9-6-17-40(44)43-33-38(30-32-46(43)54)53(47-22-12-24-50-52(47)42-19-8-11-23-49(42)56-50)36-26-28-37(29-27-36)55-45-21-10-7-18-41(45)51-39-16-5-4-13-34(39)25-31-48(51)55/h1-33H. The first-order valence-corrected chi connectivity index (χ1v) is 19.9. The summed E-state index contributed by atoms with van der Waals surface area (Å²) in [4.78, 5) is 2.46. The van der Waals surface area contributed by atoms with Gasteiger partial charge >= 0.3 is 0 Å². The Labute approximate surface area is 327 Å². The summed E-state index contributed by atoms with van der Waals surface area (Å²) in [6.45, 7) is 0. The second-order valence-electron chi connectivity index (χ2n) is 14.5. The minimum atomic E-state index is 1.11. The normalized spacial score (nSPS) is 11.9. The first-order valence-electron chi connectivity index (χ1n) is 19.1. The quantitative estimate of drug-likeness (QED) is 0.172.